The molecule has 9 heteroatoms. The smallest absolute Gasteiger partial charge is 0.229 e. The van der Waals surface area contributed by atoms with Crippen LogP contribution in [0.3, 0.4) is 0 Å². The molecule has 0 spiro atoms. The van der Waals surface area contributed by atoms with Gasteiger partial charge in [0, 0.05) is 24.2 Å². The molecule has 146 valence electrons. The average molecular weight is 396 g/mol. The number of hydrogen-bond donors (Lipinski definition) is 2. The highest BCUT2D eigenvalue weighted by atomic mass is 32.2. The molecule has 0 aromatic heterocycles. The van der Waals surface area contributed by atoms with E-state index >= 15 is 0 Å². The Kier molecular flexibility index (Phi) is 7.00. The van der Waals surface area contributed by atoms with Gasteiger partial charge in [-0.05, 0) is 30.7 Å². The molecule has 0 radical (unpaired) electrons. The van der Waals surface area contributed by atoms with Crippen LogP contribution in [0, 0.1) is 5.82 Å². The van der Waals surface area contributed by atoms with E-state index in [9.17, 15) is 17.6 Å². The molecule has 0 heterocycles. The lowest BCUT2D eigenvalue weighted by Gasteiger charge is -2.12. The summed E-state index contributed by atoms with van der Waals surface area (Å²) in [4.78, 5) is 12.0. The van der Waals surface area contributed by atoms with Crippen molar-refractivity contribution < 1.29 is 27.1 Å². The van der Waals surface area contributed by atoms with Crippen molar-refractivity contribution in [2.45, 2.75) is 12.8 Å². The molecule has 2 N–H and O–H groups in total. The summed E-state index contributed by atoms with van der Waals surface area (Å²) in [5.41, 5.74) is 0.753. The van der Waals surface area contributed by atoms with Crippen molar-refractivity contribution in [1.29, 1.82) is 0 Å². The number of carbonyl (C=O) groups excluding carboxylic acids is 1. The summed E-state index contributed by atoms with van der Waals surface area (Å²) >= 11 is 0. The number of carbonyl (C=O) groups is 1. The second-order valence-corrected chi connectivity index (χ2v) is 7.50. The minimum atomic E-state index is -3.44. The Morgan fingerprint density at radius 3 is 2.63 bits per heavy atom. The van der Waals surface area contributed by atoms with Crippen molar-refractivity contribution in [2.24, 2.45) is 0 Å². The maximum absolute atomic E-state index is 13.0. The molecule has 0 aliphatic rings. The number of sulfonamides is 1. The summed E-state index contributed by atoms with van der Waals surface area (Å²) in [5.74, 6) is 0.0819. The summed E-state index contributed by atoms with van der Waals surface area (Å²) in [5, 5.41) is 2.70. The quantitative estimate of drug-likeness (QED) is 0.636. The molecule has 27 heavy (non-hydrogen) atoms. The van der Waals surface area contributed by atoms with Crippen LogP contribution in [0.1, 0.15) is 12.8 Å². The number of benzene rings is 2. The Morgan fingerprint density at radius 2 is 1.96 bits per heavy atom. The van der Waals surface area contributed by atoms with Crippen LogP contribution >= 0.6 is 0 Å². The van der Waals surface area contributed by atoms with E-state index in [1.807, 2.05) is 0 Å². The molecule has 2 rings (SSSR count). The van der Waals surface area contributed by atoms with Crippen molar-refractivity contribution in [1.82, 2.24) is 0 Å². The predicted octanol–water partition coefficient (Wildman–Crippen LogP) is 3.00. The van der Waals surface area contributed by atoms with Crippen LogP contribution in [0.4, 0.5) is 15.8 Å². The van der Waals surface area contributed by atoms with Crippen LogP contribution in [0.2, 0.25) is 0 Å². The van der Waals surface area contributed by atoms with Crippen LogP contribution in [0.25, 0.3) is 0 Å². The van der Waals surface area contributed by atoms with Crippen molar-refractivity contribution in [3.63, 3.8) is 0 Å². The fraction of sp³-hybridized carbons (Fsp3) is 0.278. The van der Waals surface area contributed by atoms with Gasteiger partial charge in [-0.25, -0.2) is 12.8 Å². The molecule has 2 aromatic carbocycles. The third-order valence-corrected chi connectivity index (χ3v) is 3.98. The SMILES string of the molecule is COc1cc(NC(=O)CCCOc2cccc(F)c2)ccc1NS(C)(=O)=O. The molecular weight excluding hydrogens is 375 g/mol. The number of hydrogen-bond acceptors (Lipinski definition) is 5. The monoisotopic (exact) mass is 396 g/mol. The summed E-state index contributed by atoms with van der Waals surface area (Å²) in [6.07, 6.45) is 1.70. The van der Waals surface area contributed by atoms with Crippen molar-refractivity contribution in [3.05, 3.63) is 48.3 Å². The summed E-state index contributed by atoms with van der Waals surface area (Å²) in [6.45, 7) is 0.275. The number of rotatable bonds is 9. The van der Waals surface area contributed by atoms with Gasteiger partial charge in [-0.15, -0.1) is 0 Å². The number of nitrogens with one attached hydrogen (secondary N) is 2. The van der Waals surface area contributed by atoms with Gasteiger partial charge in [0.2, 0.25) is 15.9 Å². The highest BCUT2D eigenvalue weighted by Gasteiger charge is 2.10. The van der Waals surface area contributed by atoms with E-state index in [4.69, 9.17) is 9.47 Å². The molecule has 0 fully saturated rings. The lowest BCUT2D eigenvalue weighted by atomic mass is 10.2. The number of methoxy groups -OCH3 is 1. The molecule has 0 bridgehead atoms. The lowest BCUT2D eigenvalue weighted by Crippen LogP contribution is -2.14. The van der Waals surface area contributed by atoms with E-state index < -0.39 is 10.0 Å². The van der Waals surface area contributed by atoms with Gasteiger partial charge in [0.25, 0.3) is 0 Å². The molecule has 1 amide bonds. The Balaban J connectivity index is 1.84. The van der Waals surface area contributed by atoms with Gasteiger partial charge in [-0.2, -0.15) is 0 Å². The van der Waals surface area contributed by atoms with Gasteiger partial charge >= 0.3 is 0 Å². The average Bonchev–Trinajstić information content (AvgIpc) is 2.59. The summed E-state index contributed by atoms with van der Waals surface area (Å²) < 4.78 is 48.6. The molecule has 0 saturated heterocycles. The van der Waals surface area contributed by atoms with Gasteiger partial charge in [-0.3, -0.25) is 9.52 Å². The van der Waals surface area contributed by atoms with Crippen molar-refractivity contribution in [2.75, 3.05) is 30.0 Å². The topological polar surface area (TPSA) is 93.7 Å². The minimum absolute atomic E-state index is 0.209. The Morgan fingerprint density at radius 1 is 1.19 bits per heavy atom. The van der Waals surface area contributed by atoms with E-state index in [0.29, 0.717) is 17.9 Å². The van der Waals surface area contributed by atoms with E-state index in [1.54, 1.807) is 18.2 Å². The Labute approximate surface area is 157 Å². The first kappa shape index (κ1) is 20.5. The predicted molar refractivity (Wildman–Crippen MR) is 101 cm³/mol. The number of halogens is 1. The summed E-state index contributed by atoms with van der Waals surface area (Å²) in [6, 6.07) is 10.4. The zero-order chi connectivity index (χ0) is 19.9. The zero-order valence-corrected chi connectivity index (χ0v) is 15.8. The third-order valence-electron chi connectivity index (χ3n) is 3.39. The fourth-order valence-electron chi connectivity index (χ4n) is 2.26. The van der Waals surface area contributed by atoms with Gasteiger partial charge in [-0.1, -0.05) is 6.07 Å². The zero-order valence-electron chi connectivity index (χ0n) is 15.0. The fourth-order valence-corrected chi connectivity index (χ4v) is 2.82. The highest BCUT2D eigenvalue weighted by molar-refractivity contribution is 7.92. The Bertz CT molecular complexity index is 902. The van der Waals surface area contributed by atoms with Gasteiger partial charge in [0.05, 0.1) is 25.7 Å². The third kappa shape index (κ3) is 7.14. The largest absolute Gasteiger partial charge is 0.494 e. The standard InChI is InChI=1S/C18H21FN2O5S/c1-25-17-12-14(8-9-16(17)21-27(2,23)24)20-18(22)7-4-10-26-15-6-3-5-13(19)11-15/h3,5-6,8-9,11-12,21H,4,7,10H2,1-2H3,(H,20,22). The van der Waals surface area contributed by atoms with E-state index in [2.05, 4.69) is 10.0 Å². The van der Waals surface area contributed by atoms with Crippen LogP contribution in [-0.4, -0.2) is 34.3 Å². The first-order chi connectivity index (χ1) is 12.8. The van der Waals surface area contributed by atoms with Crippen LogP contribution in [-0.2, 0) is 14.8 Å². The minimum Gasteiger partial charge on any atom is -0.494 e. The van der Waals surface area contributed by atoms with Crippen LogP contribution in [0.15, 0.2) is 42.5 Å². The second-order valence-electron chi connectivity index (χ2n) is 5.75. The van der Waals surface area contributed by atoms with Crippen LogP contribution in [0.5, 0.6) is 11.5 Å². The second kappa shape index (κ2) is 9.22. The molecule has 0 aliphatic carbocycles. The number of anilines is 2. The maximum atomic E-state index is 13.0. The molecule has 0 atom stereocenters. The molecule has 0 aliphatic heterocycles. The number of amides is 1. The molecule has 0 saturated carbocycles. The molecular formula is C18H21FN2O5S. The maximum Gasteiger partial charge on any atom is 0.229 e. The van der Waals surface area contributed by atoms with E-state index in [1.165, 1.54) is 31.4 Å². The highest BCUT2D eigenvalue weighted by Crippen LogP contribution is 2.28. The normalized spacial score (nSPS) is 10.9. The van der Waals surface area contributed by atoms with E-state index in [-0.39, 0.29) is 36.2 Å². The van der Waals surface area contributed by atoms with Gasteiger partial charge < -0.3 is 14.8 Å². The van der Waals surface area contributed by atoms with Gasteiger partial charge in [0.15, 0.2) is 0 Å². The first-order valence-electron chi connectivity index (χ1n) is 8.11. The molecule has 7 nitrogen and oxygen atoms in total. The van der Waals surface area contributed by atoms with Crippen molar-refractivity contribution in [3.8, 4) is 11.5 Å². The lowest BCUT2D eigenvalue weighted by molar-refractivity contribution is -0.116. The van der Waals surface area contributed by atoms with E-state index in [0.717, 1.165) is 6.26 Å². The van der Waals surface area contributed by atoms with Crippen LogP contribution < -0.4 is 19.5 Å². The van der Waals surface area contributed by atoms with Crippen molar-refractivity contribution >= 4 is 27.3 Å². The number of ether oxygens (including phenoxy) is 2. The molecule has 0 unspecified atom stereocenters. The molecule has 2 aromatic rings. The Hall–Kier alpha value is -2.81. The van der Waals surface area contributed by atoms with Gasteiger partial charge in [0.1, 0.15) is 17.3 Å². The summed E-state index contributed by atoms with van der Waals surface area (Å²) in [7, 11) is -2.04. The first-order valence-corrected chi connectivity index (χ1v) is 10.00.